The molecule has 1 atom stereocenters. The van der Waals surface area contributed by atoms with Gasteiger partial charge in [0, 0.05) is 5.02 Å². The van der Waals surface area contributed by atoms with E-state index < -0.39 is 15.9 Å². The van der Waals surface area contributed by atoms with E-state index in [1.807, 2.05) is 0 Å². The van der Waals surface area contributed by atoms with Gasteiger partial charge in [0.1, 0.15) is 6.17 Å². The summed E-state index contributed by atoms with van der Waals surface area (Å²) in [4.78, 5) is 13.7. The molecule has 19 heavy (non-hydrogen) atoms. The average Bonchev–Trinajstić information content (AvgIpc) is 2.23. The minimum absolute atomic E-state index is 0.229. The Morgan fingerprint density at radius 3 is 2.26 bits per heavy atom. The van der Waals surface area contributed by atoms with Gasteiger partial charge >= 0.3 is 0 Å². The van der Waals surface area contributed by atoms with Crippen LogP contribution in [0.1, 0.15) is 10.4 Å². The third-order valence-electron chi connectivity index (χ3n) is 2.27. The Labute approximate surface area is 136 Å². The molecule has 1 rings (SSSR count). The molecule has 0 fully saturated rings. The van der Waals surface area contributed by atoms with Gasteiger partial charge in [0.2, 0.25) is 3.79 Å². The highest BCUT2D eigenvalue weighted by molar-refractivity contribution is 6.68. The van der Waals surface area contributed by atoms with E-state index in [2.05, 4.69) is 5.32 Å². The first kappa shape index (κ1) is 17.2. The zero-order chi connectivity index (χ0) is 14.8. The van der Waals surface area contributed by atoms with Crippen molar-refractivity contribution in [1.29, 1.82) is 0 Å². The molecule has 1 amide bonds. The van der Waals surface area contributed by atoms with Crippen LogP contribution in [0.3, 0.4) is 0 Å². The van der Waals surface area contributed by atoms with E-state index in [-0.39, 0.29) is 10.6 Å². The van der Waals surface area contributed by atoms with Crippen molar-refractivity contribution in [1.82, 2.24) is 10.2 Å². The van der Waals surface area contributed by atoms with Crippen molar-refractivity contribution >= 4 is 63.9 Å². The summed E-state index contributed by atoms with van der Waals surface area (Å²) in [6.45, 7) is 0. The Kier molecular flexibility index (Phi) is 6.05. The van der Waals surface area contributed by atoms with Gasteiger partial charge < -0.3 is 5.32 Å². The number of carbonyl (C=O) groups is 1. The molecule has 0 spiro atoms. The van der Waals surface area contributed by atoms with Crippen molar-refractivity contribution in [3.8, 4) is 0 Å². The van der Waals surface area contributed by atoms with E-state index in [4.69, 9.17) is 58.0 Å². The molecule has 0 aliphatic heterocycles. The van der Waals surface area contributed by atoms with Gasteiger partial charge in [0.25, 0.3) is 5.91 Å². The van der Waals surface area contributed by atoms with E-state index in [0.29, 0.717) is 5.02 Å². The zero-order valence-electron chi connectivity index (χ0n) is 10.1. The van der Waals surface area contributed by atoms with Crippen molar-refractivity contribution in [2.24, 2.45) is 0 Å². The minimum Gasteiger partial charge on any atom is -0.332 e. The van der Waals surface area contributed by atoms with Crippen LogP contribution < -0.4 is 5.32 Å². The average molecular weight is 364 g/mol. The van der Waals surface area contributed by atoms with Crippen molar-refractivity contribution in [2.75, 3.05) is 14.1 Å². The topological polar surface area (TPSA) is 32.3 Å². The van der Waals surface area contributed by atoms with Gasteiger partial charge in [-0.3, -0.25) is 9.69 Å². The number of halogens is 5. The predicted molar refractivity (Wildman–Crippen MR) is 81.7 cm³/mol. The van der Waals surface area contributed by atoms with E-state index >= 15 is 0 Å². The summed E-state index contributed by atoms with van der Waals surface area (Å²) < 4.78 is -1.67. The molecular formula is C11H11Cl5N2O. The Morgan fingerprint density at radius 1 is 1.26 bits per heavy atom. The number of rotatable bonds is 3. The number of amides is 1. The summed E-state index contributed by atoms with van der Waals surface area (Å²) in [5.41, 5.74) is 0.257. The van der Waals surface area contributed by atoms with Gasteiger partial charge in [-0.25, -0.2) is 0 Å². The maximum absolute atomic E-state index is 12.1. The van der Waals surface area contributed by atoms with Crippen molar-refractivity contribution < 1.29 is 4.79 Å². The van der Waals surface area contributed by atoms with E-state index in [0.717, 1.165) is 0 Å². The summed E-state index contributed by atoms with van der Waals surface area (Å²) in [7, 11) is 3.35. The zero-order valence-corrected chi connectivity index (χ0v) is 13.8. The van der Waals surface area contributed by atoms with E-state index in [1.54, 1.807) is 25.1 Å². The number of nitrogens with zero attached hydrogens (tertiary/aromatic N) is 1. The molecule has 8 heteroatoms. The van der Waals surface area contributed by atoms with Gasteiger partial charge in [-0.05, 0) is 32.3 Å². The molecule has 0 aliphatic rings. The van der Waals surface area contributed by atoms with Crippen molar-refractivity contribution in [2.45, 2.75) is 9.96 Å². The quantitative estimate of drug-likeness (QED) is 0.650. The summed E-state index contributed by atoms with van der Waals surface area (Å²) in [5.74, 6) is -0.452. The van der Waals surface area contributed by atoms with E-state index in [9.17, 15) is 4.79 Å². The molecule has 1 N–H and O–H groups in total. The van der Waals surface area contributed by atoms with Crippen LogP contribution in [-0.2, 0) is 0 Å². The van der Waals surface area contributed by atoms with Crippen LogP contribution in [0.25, 0.3) is 0 Å². The molecule has 0 saturated heterocycles. The maximum atomic E-state index is 12.1. The van der Waals surface area contributed by atoms with Crippen LogP contribution in [0.5, 0.6) is 0 Å². The first-order chi connectivity index (χ1) is 8.62. The number of carbonyl (C=O) groups excluding carboxylic acids is 1. The fraction of sp³-hybridized carbons (Fsp3) is 0.364. The Bertz CT molecular complexity index is 473. The summed E-state index contributed by atoms with van der Waals surface area (Å²) in [6.07, 6.45) is -0.795. The number of hydrogen-bond acceptors (Lipinski definition) is 2. The predicted octanol–water partition coefficient (Wildman–Crippen LogP) is 3.98. The second-order valence-electron chi connectivity index (χ2n) is 4.01. The van der Waals surface area contributed by atoms with Crippen LogP contribution in [-0.4, -0.2) is 34.9 Å². The minimum atomic E-state index is -1.67. The smallest absolute Gasteiger partial charge is 0.254 e. The molecule has 0 aliphatic carbocycles. The van der Waals surface area contributed by atoms with Gasteiger partial charge in [-0.15, -0.1) is 0 Å². The lowest BCUT2D eigenvalue weighted by Crippen LogP contribution is -2.52. The lowest BCUT2D eigenvalue weighted by Gasteiger charge is -2.31. The SMILES string of the molecule is CN(C)C(NC(=O)c1ccc(Cl)cc1Cl)C(Cl)(Cl)Cl. The molecule has 3 nitrogen and oxygen atoms in total. The highest BCUT2D eigenvalue weighted by Gasteiger charge is 2.36. The summed E-state index contributed by atoms with van der Waals surface area (Å²) in [5, 5.41) is 3.26. The van der Waals surface area contributed by atoms with Gasteiger partial charge in [-0.2, -0.15) is 0 Å². The van der Waals surface area contributed by atoms with Gasteiger partial charge in [0.15, 0.2) is 0 Å². The van der Waals surface area contributed by atoms with Crippen molar-refractivity contribution in [3.63, 3.8) is 0 Å². The summed E-state index contributed by atoms with van der Waals surface area (Å²) >= 11 is 29.1. The number of benzene rings is 1. The fourth-order valence-electron chi connectivity index (χ4n) is 1.38. The van der Waals surface area contributed by atoms with Crippen LogP contribution in [0.2, 0.25) is 10.0 Å². The van der Waals surface area contributed by atoms with Crippen LogP contribution >= 0.6 is 58.0 Å². The van der Waals surface area contributed by atoms with Crippen LogP contribution in [0.15, 0.2) is 18.2 Å². The highest BCUT2D eigenvalue weighted by Crippen LogP contribution is 2.31. The first-order valence-corrected chi connectivity index (χ1v) is 7.01. The molecule has 0 saturated carbocycles. The molecule has 0 aromatic heterocycles. The van der Waals surface area contributed by atoms with Crippen LogP contribution in [0, 0.1) is 0 Å². The fourth-order valence-corrected chi connectivity index (χ4v) is 2.62. The lowest BCUT2D eigenvalue weighted by atomic mass is 10.2. The van der Waals surface area contributed by atoms with Gasteiger partial charge in [0.05, 0.1) is 10.6 Å². The monoisotopic (exact) mass is 362 g/mol. The third kappa shape index (κ3) is 4.85. The Morgan fingerprint density at radius 2 is 1.84 bits per heavy atom. The second kappa shape index (κ2) is 6.70. The first-order valence-electron chi connectivity index (χ1n) is 5.12. The Balaban J connectivity index is 2.95. The van der Waals surface area contributed by atoms with E-state index in [1.165, 1.54) is 12.1 Å². The molecule has 0 radical (unpaired) electrons. The van der Waals surface area contributed by atoms with Gasteiger partial charge in [-0.1, -0.05) is 58.0 Å². The molecule has 0 heterocycles. The standard InChI is InChI=1S/C11H11Cl5N2O/c1-18(2)10(11(14,15)16)17-9(19)7-4-3-6(12)5-8(7)13/h3-5,10H,1-2H3,(H,17,19). The van der Waals surface area contributed by atoms with Crippen LogP contribution in [0.4, 0.5) is 0 Å². The number of nitrogens with one attached hydrogen (secondary N) is 1. The second-order valence-corrected chi connectivity index (χ2v) is 7.22. The molecule has 0 bridgehead atoms. The molecular weight excluding hydrogens is 353 g/mol. The molecule has 106 valence electrons. The summed E-state index contributed by atoms with van der Waals surface area (Å²) in [6, 6.07) is 4.53. The lowest BCUT2D eigenvalue weighted by molar-refractivity contribution is 0.0892. The molecule has 1 aromatic carbocycles. The van der Waals surface area contributed by atoms with Crippen molar-refractivity contribution in [3.05, 3.63) is 33.8 Å². The maximum Gasteiger partial charge on any atom is 0.254 e. The molecule has 1 aromatic rings. The number of alkyl halides is 3. The number of hydrogen-bond donors (Lipinski definition) is 1. The highest BCUT2D eigenvalue weighted by atomic mass is 35.6. The molecule has 1 unspecified atom stereocenters. The third-order valence-corrected chi connectivity index (χ3v) is 3.44. The normalized spacial score (nSPS) is 13.5. The Hall–Kier alpha value is 0.1000. The largest absolute Gasteiger partial charge is 0.332 e.